The van der Waals surface area contributed by atoms with Gasteiger partial charge in [0.05, 0.1) is 31.3 Å². The van der Waals surface area contributed by atoms with Crippen LogP contribution in [-0.4, -0.2) is 27.7 Å². The second-order valence-electron chi connectivity index (χ2n) is 4.45. The summed E-state index contributed by atoms with van der Waals surface area (Å²) in [6.45, 7) is 3.14. The van der Waals surface area contributed by atoms with E-state index in [1.807, 2.05) is 24.7 Å². The zero-order valence-corrected chi connectivity index (χ0v) is 10.1. The largest absolute Gasteiger partial charge is 0.375 e. The highest BCUT2D eigenvalue weighted by Crippen LogP contribution is 2.15. The smallest absolute Gasteiger partial charge is 0.0952 e. The van der Waals surface area contributed by atoms with E-state index in [1.165, 1.54) is 5.69 Å². The minimum atomic E-state index is 0.332. The van der Waals surface area contributed by atoms with Crippen LogP contribution in [0.15, 0.2) is 37.1 Å². The molecule has 1 aliphatic rings. The highest BCUT2D eigenvalue weighted by Gasteiger charge is 2.18. The molecule has 0 bridgehead atoms. The van der Waals surface area contributed by atoms with Gasteiger partial charge in [-0.2, -0.15) is 0 Å². The van der Waals surface area contributed by atoms with Gasteiger partial charge in [-0.3, -0.25) is 4.98 Å². The second-order valence-corrected chi connectivity index (χ2v) is 4.45. The molecule has 2 aromatic heterocycles. The van der Waals surface area contributed by atoms with Crippen LogP contribution in [0, 0.1) is 0 Å². The molecule has 1 unspecified atom stereocenters. The van der Waals surface area contributed by atoms with Gasteiger partial charge in [-0.1, -0.05) is 0 Å². The molecule has 0 amide bonds. The van der Waals surface area contributed by atoms with Crippen LogP contribution in [0.3, 0.4) is 0 Å². The van der Waals surface area contributed by atoms with Crippen molar-refractivity contribution < 1.29 is 4.74 Å². The van der Waals surface area contributed by atoms with Crippen molar-refractivity contribution in [3.8, 4) is 0 Å². The highest BCUT2D eigenvalue weighted by atomic mass is 16.5. The van der Waals surface area contributed by atoms with E-state index in [2.05, 4.69) is 19.9 Å². The van der Waals surface area contributed by atoms with Crippen molar-refractivity contribution in [1.29, 1.82) is 0 Å². The Morgan fingerprint density at radius 1 is 1.33 bits per heavy atom. The number of imidazole rings is 1. The summed E-state index contributed by atoms with van der Waals surface area (Å²) in [6.07, 6.45) is 7.36. The molecule has 1 N–H and O–H groups in total. The monoisotopic (exact) mass is 244 g/mol. The van der Waals surface area contributed by atoms with E-state index < -0.39 is 0 Å². The maximum Gasteiger partial charge on any atom is 0.0952 e. The van der Waals surface area contributed by atoms with E-state index in [0.717, 1.165) is 18.7 Å². The number of rotatable bonds is 4. The fraction of sp³-hybridized carbons (Fsp3) is 0.385. The number of hydrogen-bond acceptors (Lipinski definition) is 4. The molecule has 0 fully saturated rings. The molecule has 0 aliphatic carbocycles. The molecular formula is C13H16N4O. The molecule has 5 nitrogen and oxygen atoms in total. The Morgan fingerprint density at radius 2 is 2.22 bits per heavy atom. The van der Waals surface area contributed by atoms with Crippen LogP contribution in [0.25, 0.3) is 0 Å². The summed E-state index contributed by atoms with van der Waals surface area (Å²) in [6, 6.07) is 4.28. The lowest BCUT2D eigenvalue weighted by Gasteiger charge is -2.26. The van der Waals surface area contributed by atoms with Crippen LogP contribution in [0.2, 0.25) is 0 Å². The summed E-state index contributed by atoms with van der Waals surface area (Å²) in [5.41, 5.74) is 2.37. The van der Waals surface area contributed by atoms with Gasteiger partial charge in [0, 0.05) is 31.7 Å². The first kappa shape index (κ1) is 11.4. The van der Waals surface area contributed by atoms with Crippen LogP contribution in [0.4, 0.5) is 0 Å². The predicted molar refractivity (Wildman–Crippen MR) is 66.9 cm³/mol. The number of ether oxygens (including phenoxy) is 1. The molecule has 2 aromatic rings. The maximum absolute atomic E-state index is 5.77. The van der Waals surface area contributed by atoms with Crippen LogP contribution < -0.4 is 5.32 Å². The molecule has 0 radical (unpaired) electrons. The molecule has 5 heteroatoms. The fourth-order valence-corrected chi connectivity index (χ4v) is 2.19. The molecule has 94 valence electrons. The molecular weight excluding hydrogens is 228 g/mol. The van der Waals surface area contributed by atoms with E-state index >= 15 is 0 Å². The van der Waals surface area contributed by atoms with Crippen LogP contribution >= 0.6 is 0 Å². The lowest BCUT2D eigenvalue weighted by molar-refractivity contribution is 0.0850. The summed E-state index contributed by atoms with van der Waals surface area (Å²) in [7, 11) is 0. The topological polar surface area (TPSA) is 52.0 Å². The predicted octanol–water partition coefficient (Wildman–Crippen LogP) is 1.14. The molecule has 0 spiro atoms. The van der Waals surface area contributed by atoms with Crippen molar-refractivity contribution in [2.45, 2.75) is 19.2 Å². The van der Waals surface area contributed by atoms with E-state index in [4.69, 9.17) is 4.74 Å². The van der Waals surface area contributed by atoms with Crippen LogP contribution in [0.5, 0.6) is 0 Å². The molecule has 3 heterocycles. The zero-order valence-electron chi connectivity index (χ0n) is 10.1. The highest BCUT2D eigenvalue weighted by molar-refractivity contribution is 5.08. The lowest BCUT2D eigenvalue weighted by atomic mass is 10.2. The Labute approximate surface area is 106 Å². The standard InChI is InChI=1S/C13H16N4O/c1-3-14-4-2-11(1)8-18-9-13-7-15-5-12-6-16-10-17(12)13/h1-4,6,10,13,15H,5,7-9H2. The molecule has 0 saturated carbocycles. The van der Waals surface area contributed by atoms with E-state index in [-0.39, 0.29) is 0 Å². The second kappa shape index (κ2) is 5.29. The van der Waals surface area contributed by atoms with Crippen molar-refractivity contribution in [3.05, 3.63) is 48.3 Å². The average molecular weight is 244 g/mol. The molecule has 1 atom stereocenters. The third kappa shape index (κ3) is 2.42. The average Bonchev–Trinajstić information content (AvgIpc) is 2.89. The zero-order chi connectivity index (χ0) is 12.2. The van der Waals surface area contributed by atoms with Crippen molar-refractivity contribution in [3.63, 3.8) is 0 Å². The first-order valence-electron chi connectivity index (χ1n) is 6.11. The number of nitrogens with one attached hydrogen (secondary N) is 1. The maximum atomic E-state index is 5.77. The summed E-state index contributed by atoms with van der Waals surface area (Å²) < 4.78 is 7.97. The van der Waals surface area contributed by atoms with Gasteiger partial charge in [0.2, 0.25) is 0 Å². The first-order valence-corrected chi connectivity index (χ1v) is 6.11. The van der Waals surface area contributed by atoms with Crippen molar-refractivity contribution >= 4 is 0 Å². The fourth-order valence-electron chi connectivity index (χ4n) is 2.19. The van der Waals surface area contributed by atoms with E-state index in [1.54, 1.807) is 12.4 Å². The molecule has 1 aliphatic heterocycles. The first-order chi connectivity index (χ1) is 8.93. The van der Waals surface area contributed by atoms with Crippen LogP contribution in [0.1, 0.15) is 17.3 Å². The Kier molecular flexibility index (Phi) is 3.34. The summed E-state index contributed by atoms with van der Waals surface area (Å²) in [5.74, 6) is 0. The molecule has 3 rings (SSSR count). The normalized spacial score (nSPS) is 18.6. The van der Waals surface area contributed by atoms with Gasteiger partial charge in [-0.15, -0.1) is 0 Å². The van der Waals surface area contributed by atoms with Gasteiger partial charge in [-0.25, -0.2) is 4.98 Å². The van der Waals surface area contributed by atoms with Crippen molar-refractivity contribution in [1.82, 2.24) is 19.9 Å². The van der Waals surface area contributed by atoms with Gasteiger partial charge >= 0.3 is 0 Å². The number of nitrogens with zero attached hydrogens (tertiary/aromatic N) is 3. The molecule has 0 aromatic carbocycles. The van der Waals surface area contributed by atoms with Gasteiger partial charge < -0.3 is 14.6 Å². The Bertz CT molecular complexity index is 497. The minimum absolute atomic E-state index is 0.332. The van der Waals surface area contributed by atoms with Gasteiger partial charge in [0.1, 0.15) is 0 Å². The third-order valence-corrected chi connectivity index (χ3v) is 3.15. The summed E-state index contributed by atoms with van der Waals surface area (Å²) >= 11 is 0. The number of pyridine rings is 1. The Balaban J connectivity index is 1.56. The summed E-state index contributed by atoms with van der Waals surface area (Å²) in [4.78, 5) is 8.17. The van der Waals surface area contributed by atoms with E-state index in [0.29, 0.717) is 19.3 Å². The van der Waals surface area contributed by atoms with Gasteiger partial charge in [0.15, 0.2) is 0 Å². The Morgan fingerprint density at radius 3 is 3.11 bits per heavy atom. The van der Waals surface area contributed by atoms with Crippen molar-refractivity contribution in [2.24, 2.45) is 0 Å². The van der Waals surface area contributed by atoms with Gasteiger partial charge in [-0.05, 0) is 17.7 Å². The number of fused-ring (bicyclic) bond motifs is 1. The van der Waals surface area contributed by atoms with Crippen molar-refractivity contribution in [2.75, 3.05) is 13.2 Å². The molecule has 0 saturated heterocycles. The lowest BCUT2D eigenvalue weighted by Crippen LogP contribution is -2.34. The number of hydrogen-bond donors (Lipinski definition) is 1. The minimum Gasteiger partial charge on any atom is -0.375 e. The summed E-state index contributed by atoms with van der Waals surface area (Å²) in [5, 5.41) is 3.37. The molecule has 18 heavy (non-hydrogen) atoms. The van der Waals surface area contributed by atoms with Gasteiger partial charge in [0.25, 0.3) is 0 Å². The number of aromatic nitrogens is 3. The quantitative estimate of drug-likeness (QED) is 0.876. The van der Waals surface area contributed by atoms with Crippen LogP contribution in [-0.2, 0) is 17.9 Å². The van der Waals surface area contributed by atoms with E-state index in [9.17, 15) is 0 Å². The third-order valence-electron chi connectivity index (χ3n) is 3.15. The SMILES string of the molecule is c1cc(COCC2CNCc3cncn32)ccn1. The Hall–Kier alpha value is -1.72.